The molecule has 0 spiro atoms. The lowest BCUT2D eigenvalue weighted by Gasteiger charge is -2.13. The van der Waals surface area contributed by atoms with Crippen LogP contribution in [0.2, 0.25) is 0 Å². The highest BCUT2D eigenvalue weighted by Crippen LogP contribution is 2.25. The summed E-state index contributed by atoms with van der Waals surface area (Å²) in [5, 5.41) is 9.92. The molecule has 5 nitrogen and oxygen atoms in total. The molecule has 0 aliphatic rings. The maximum Gasteiger partial charge on any atom is 0.340 e. The summed E-state index contributed by atoms with van der Waals surface area (Å²) in [5.74, 6) is 0.00234. The van der Waals surface area contributed by atoms with E-state index in [1.807, 2.05) is 13.8 Å². The molecule has 0 fully saturated rings. The zero-order chi connectivity index (χ0) is 17.7. The van der Waals surface area contributed by atoms with Crippen molar-refractivity contribution in [2.75, 3.05) is 0 Å². The summed E-state index contributed by atoms with van der Waals surface area (Å²) < 4.78 is 30.0. The molecule has 128 valence electrons. The van der Waals surface area contributed by atoms with E-state index in [-0.39, 0.29) is 10.8 Å². The Bertz CT molecular complexity index is 813. The number of nitrogens with zero attached hydrogens (tertiary/aromatic N) is 1. The third kappa shape index (κ3) is 4.21. The van der Waals surface area contributed by atoms with Gasteiger partial charge in [0, 0.05) is 11.8 Å². The first-order chi connectivity index (χ1) is 11.4. The number of pyridine rings is 1. The van der Waals surface area contributed by atoms with Gasteiger partial charge in [0.05, 0.1) is 6.10 Å². The number of aryl methyl sites for hydroxylation is 1. The van der Waals surface area contributed by atoms with Gasteiger partial charge in [-0.15, -0.1) is 6.58 Å². The Morgan fingerprint density at radius 3 is 2.58 bits per heavy atom. The molecular weight excluding hydrogens is 326 g/mol. The van der Waals surface area contributed by atoms with Crippen molar-refractivity contribution in [2.24, 2.45) is 0 Å². The van der Waals surface area contributed by atoms with Crippen molar-refractivity contribution < 1.29 is 17.7 Å². The smallest absolute Gasteiger partial charge is 0.340 e. The molecular formula is C18H21NO4S. The van der Waals surface area contributed by atoms with Crippen LogP contribution in [0.5, 0.6) is 5.88 Å². The van der Waals surface area contributed by atoms with E-state index in [1.165, 1.54) is 18.3 Å². The minimum absolute atomic E-state index is 0.00234. The van der Waals surface area contributed by atoms with Crippen molar-refractivity contribution in [3.63, 3.8) is 0 Å². The van der Waals surface area contributed by atoms with Gasteiger partial charge in [0.25, 0.3) is 0 Å². The van der Waals surface area contributed by atoms with Crippen molar-refractivity contribution in [3.8, 4) is 5.88 Å². The van der Waals surface area contributed by atoms with Gasteiger partial charge in [-0.25, -0.2) is 4.98 Å². The molecule has 0 amide bonds. The Labute approximate surface area is 142 Å². The Kier molecular flexibility index (Phi) is 5.75. The lowest BCUT2D eigenvalue weighted by molar-refractivity contribution is 0.173. The molecule has 1 N–H and O–H groups in total. The van der Waals surface area contributed by atoms with Crippen LogP contribution in [0.25, 0.3) is 0 Å². The summed E-state index contributed by atoms with van der Waals surface area (Å²) in [7, 11) is -3.97. The maximum atomic E-state index is 12.4. The topological polar surface area (TPSA) is 76.5 Å². The van der Waals surface area contributed by atoms with Crippen molar-refractivity contribution in [1.82, 2.24) is 4.98 Å². The maximum absolute atomic E-state index is 12.4. The third-order valence-corrected chi connectivity index (χ3v) is 4.81. The van der Waals surface area contributed by atoms with Gasteiger partial charge in [-0.05, 0) is 43.5 Å². The number of hydrogen-bond acceptors (Lipinski definition) is 5. The molecule has 1 aromatic heterocycles. The minimum atomic E-state index is -3.97. The van der Waals surface area contributed by atoms with Crippen LogP contribution in [0.15, 0.2) is 54.1 Å². The molecule has 6 heteroatoms. The summed E-state index contributed by atoms with van der Waals surface area (Å²) >= 11 is 0. The molecule has 0 aliphatic carbocycles. The molecule has 2 aromatic rings. The normalized spacial score (nSPS) is 12.6. The highest BCUT2D eigenvalue weighted by atomic mass is 32.2. The molecule has 0 radical (unpaired) electrons. The lowest BCUT2D eigenvalue weighted by Crippen LogP contribution is -2.12. The first kappa shape index (κ1) is 18.2. The van der Waals surface area contributed by atoms with E-state index >= 15 is 0 Å². The Morgan fingerprint density at radius 1 is 1.33 bits per heavy atom. The molecule has 1 heterocycles. The SMILES string of the molecule is C=CCc1cc(C(O)CC)cnc1OS(=O)(=O)c1ccc(C)cc1. The first-order valence-electron chi connectivity index (χ1n) is 7.66. The number of aliphatic hydroxyl groups excluding tert-OH is 1. The second-order valence-electron chi connectivity index (χ2n) is 5.50. The Hall–Kier alpha value is -2.18. The van der Waals surface area contributed by atoms with Gasteiger partial charge in [0.15, 0.2) is 0 Å². The first-order valence-corrected chi connectivity index (χ1v) is 9.07. The highest BCUT2D eigenvalue weighted by molar-refractivity contribution is 7.87. The number of aliphatic hydroxyl groups is 1. The lowest BCUT2D eigenvalue weighted by atomic mass is 10.1. The monoisotopic (exact) mass is 347 g/mol. The summed E-state index contributed by atoms with van der Waals surface area (Å²) in [5.41, 5.74) is 2.14. The fourth-order valence-corrected chi connectivity index (χ4v) is 3.09. The number of allylic oxidation sites excluding steroid dienone is 1. The van der Waals surface area contributed by atoms with Crippen LogP contribution in [-0.4, -0.2) is 18.5 Å². The van der Waals surface area contributed by atoms with Gasteiger partial charge in [-0.3, -0.25) is 0 Å². The molecule has 0 bridgehead atoms. The second-order valence-corrected chi connectivity index (χ2v) is 7.05. The number of hydrogen-bond donors (Lipinski definition) is 1. The Morgan fingerprint density at radius 2 is 2.00 bits per heavy atom. The average Bonchev–Trinajstić information content (AvgIpc) is 2.56. The molecule has 0 aliphatic heterocycles. The Balaban J connectivity index is 2.37. The predicted octanol–water partition coefficient (Wildman–Crippen LogP) is 3.33. The van der Waals surface area contributed by atoms with E-state index in [2.05, 4.69) is 11.6 Å². The highest BCUT2D eigenvalue weighted by Gasteiger charge is 2.20. The third-order valence-electron chi connectivity index (χ3n) is 3.58. The van der Waals surface area contributed by atoms with E-state index in [1.54, 1.807) is 24.3 Å². The van der Waals surface area contributed by atoms with Crippen LogP contribution >= 0.6 is 0 Å². The standard InChI is InChI=1S/C18H21NO4S/c1-4-6-14-11-15(17(20)5-2)12-19-18(14)23-24(21,22)16-9-7-13(3)8-10-16/h4,7-12,17,20H,1,5-6H2,2-3H3. The second kappa shape index (κ2) is 7.59. The summed E-state index contributed by atoms with van der Waals surface area (Å²) in [4.78, 5) is 4.15. The average molecular weight is 347 g/mol. The summed E-state index contributed by atoms with van der Waals surface area (Å²) in [6, 6.07) is 8.09. The van der Waals surface area contributed by atoms with E-state index in [0.29, 0.717) is 24.0 Å². The largest absolute Gasteiger partial charge is 0.388 e. The summed E-state index contributed by atoms with van der Waals surface area (Å²) in [6.45, 7) is 7.39. The molecule has 24 heavy (non-hydrogen) atoms. The molecule has 2 rings (SSSR count). The zero-order valence-electron chi connectivity index (χ0n) is 13.8. The fourth-order valence-electron chi connectivity index (χ4n) is 2.17. The van der Waals surface area contributed by atoms with Gasteiger partial charge in [-0.1, -0.05) is 30.7 Å². The fraction of sp³-hybridized carbons (Fsp3) is 0.278. The van der Waals surface area contributed by atoms with Gasteiger partial charge < -0.3 is 9.29 Å². The molecule has 1 unspecified atom stereocenters. The molecule has 1 atom stereocenters. The van der Waals surface area contributed by atoms with Crippen LogP contribution in [0.1, 0.15) is 36.1 Å². The van der Waals surface area contributed by atoms with Crippen LogP contribution in [0.3, 0.4) is 0 Å². The number of aromatic nitrogens is 1. The van der Waals surface area contributed by atoms with Gasteiger partial charge in [0.1, 0.15) is 4.90 Å². The van der Waals surface area contributed by atoms with Gasteiger partial charge in [0.2, 0.25) is 5.88 Å². The van der Waals surface area contributed by atoms with E-state index in [0.717, 1.165) is 5.56 Å². The number of benzene rings is 1. The van der Waals surface area contributed by atoms with Gasteiger partial charge in [-0.2, -0.15) is 8.42 Å². The van der Waals surface area contributed by atoms with Crippen molar-refractivity contribution in [1.29, 1.82) is 0 Å². The molecule has 0 saturated carbocycles. The van der Waals surface area contributed by atoms with E-state index in [9.17, 15) is 13.5 Å². The predicted molar refractivity (Wildman–Crippen MR) is 92.4 cm³/mol. The van der Waals surface area contributed by atoms with Crippen molar-refractivity contribution >= 4 is 10.1 Å². The van der Waals surface area contributed by atoms with Crippen molar-refractivity contribution in [2.45, 2.75) is 37.7 Å². The molecule has 1 aromatic carbocycles. The van der Waals surface area contributed by atoms with E-state index < -0.39 is 16.2 Å². The zero-order valence-corrected chi connectivity index (χ0v) is 14.6. The van der Waals surface area contributed by atoms with Crippen LogP contribution in [0, 0.1) is 6.92 Å². The van der Waals surface area contributed by atoms with Crippen LogP contribution in [0.4, 0.5) is 0 Å². The van der Waals surface area contributed by atoms with Crippen molar-refractivity contribution in [3.05, 3.63) is 65.9 Å². The minimum Gasteiger partial charge on any atom is -0.388 e. The molecule has 0 saturated heterocycles. The summed E-state index contributed by atoms with van der Waals surface area (Å²) in [6.07, 6.45) is 3.34. The van der Waals surface area contributed by atoms with Crippen LogP contribution in [-0.2, 0) is 16.5 Å². The number of rotatable bonds is 7. The van der Waals surface area contributed by atoms with E-state index in [4.69, 9.17) is 4.18 Å². The quantitative estimate of drug-likeness (QED) is 0.614. The van der Waals surface area contributed by atoms with Gasteiger partial charge >= 0.3 is 10.1 Å². The van der Waals surface area contributed by atoms with Crippen LogP contribution < -0.4 is 4.18 Å².